The zero-order valence-electron chi connectivity index (χ0n) is 27.1. The van der Waals surface area contributed by atoms with E-state index in [1.54, 1.807) is 12.4 Å². The fraction of sp³-hybridized carbons (Fsp3) is 0.821. The van der Waals surface area contributed by atoms with Gasteiger partial charge in [-0.15, -0.1) is 0 Å². The third kappa shape index (κ3) is 4.71. The summed E-state index contributed by atoms with van der Waals surface area (Å²) in [5.74, 6) is 5.17. The number of carbonyl (C=O) groups is 2. The lowest BCUT2D eigenvalue weighted by Crippen LogP contribution is -2.64. The molecule has 1 heterocycles. The van der Waals surface area contributed by atoms with Crippen LogP contribution in [0, 0.1) is 35.5 Å². The van der Waals surface area contributed by atoms with E-state index in [4.69, 9.17) is 0 Å². The Kier molecular flexibility index (Phi) is 6.97. The molecule has 0 radical (unpaired) electrons. The predicted molar refractivity (Wildman–Crippen MR) is 172 cm³/mol. The van der Waals surface area contributed by atoms with Gasteiger partial charge in [-0.1, -0.05) is 38.5 Å². The summed E-state index contributed by atoms with van der Waals surface area (Å²) < 4.78 is 0. The quantitative estimate of drug-likeness (QED) is 0.330. The van der Waals surface area contributed by atoms with Crippen molar-refractivity contribution in [1.29, 1.82) is 0 Å². The van der Waals surface area contributed by atoms with E-state index in [0.717, 1.165) is 61.2 Å². The van der Waals surface area contributed by atoms with Crippen LogP contribution in [-0.4, -0.2) is 49.8 Å². The molecule has 44 heavy (non-hydrogen) atoms. The average Bonchev–Trinajstić information content (AvgIpc) is 3.01. The maximum Gasteiger partial charge on any atom is 0.256 e. The van der Waals surface area contributed by atoms with Crippen molar-refractivity contribution in [3.05, 3.63) is 29.6 Å². The lowest BCUT2D eigenvalue weighted by Gasteiger charge is -2.62. The molecular weight excluding hydrogens is 542 g/mol. The Bertz CT molecular complexity index is 1110. The SMILES string of the molecule is O=C(c1cncc(C(=O)N(C2CCCCC2)C23CC4CC(CC(C4)C2)C3)c1)N(C1CCCCC1)C12CC3CC(CC(C3)C1)C2. The second-order valence-electron chi connectivity index (χ2n) is 17.7. The highest BCUT2D eigenvalue weighted by molar-refractivity contribution is 6.00. The summed E-state index contributed by atoms with van der Waals surface area (Å²) in [6.45, 7) is 0. The predicted octanol–water partition coefficient (Wildman–Crippen LogP) is 8.57. The van der Waals surface area contributed by atoms with Crippen LogP contribution < -0.4 is 0 Å². The van der Waals surface area contributed by atoms with E-state index < -0.39 is 0 Å². The minimum atomic E-state index is 0.0290. The Labute approximate surface area is 265 Å². The van der Waals surface area contributed by atoms with E-state index in [0.29, 0.717) is 23.2 Å². The number of carbonyl (C=O) groups excluding carboxylic acids is 2. The number of nitrogens with zero attached hydrogens (tertiary/aromatic N) is 3. The second-order valence-corrected chi connectivity index (χ2v) is 17.7. The number of amides is 2. The van der Waals surface area contributed by atoms with Crippen LogP contribution in [0.25, 0.3) is 0 Å². The van der Waals surface area contributed by atoms with Crippen molar-refractivity contribution in [2.75, 3.05) is 0 Å². The van der Waals surface area contributed by atoms with Gasteiger partial charge >= 0.3 is 0 Å². The molecular formula is C39H55N3O2. The van der Waals surface area contributed by atoms with Crippen LogP contribution in [0.3, 0.4) is 0 Å². The molecule has 238 valence electrons. The summed E-state index contributed by atoms with van der Waals surface area (Å²) in [5, 5.41) is 0. The van der Waals surface area contributed by atoms with E-state index in [2.05, 4.69) is 14.8 Å². The standard InChI is InChI=1S/C39H55N3O2/c43-36(41(34-7-3-1-4-8-34)38-18-26-11-27(19-38)13-28(12-26)20-38)32-17-33(25-40-24-32)37(44)42(35-9-5-2-6-10-35)39-21-29-14-30(22-39)16-31(15-29)23-39/h17,24-31,34-35H,1-16,18-23H2. The van der Waals surface area contributed by atoms with E-state index in [-0.39, 0.29) is 22.9 Å². The summed E-state index contributed by atoms with van der Waals surface area (Å²) in [6.07, 6.45) is 31.2. The van der Waals surface area contributed by atoms with Crippen molar-refractivity contribution >= 4 is 11.8 Å². The molecule has 0 unspecified atom stereocenters. The molecule has 10 fully saturated rings. The summed E-state index contributed by atoms with van der Waals surface area (Å²) >= 11 is 0. The summed E-state index contributed by atoms with van der Waals surface area (Å²) in [4.78, 5) is 39.3. The fourth-order valence-electron chi connectivity index (χ4n) is 13.9. The highest BCUT2D eigenvalue weighted by Crippen LogP contribution is 2.60. The van der Waals surface area contributed by atoms with Crippen molar-refractivity contribution in [3.8, 4) is 0 Å². The number of hydrogen-bond donors (Lipinski definition) is 0. The summed E-state index contributed by atoms with van der Waals surface area (Å²) in [6, 6.07) is 2.68. The van der Waals surface area contributed by atoms with Gasteiger partial charge in [0.1, 0.15) is 0 Å². The van der Waals surface area contributed by atoms with Gasteiger partial charge in [0.2, 0.25) is 0 Å². The first-order chi connectivity index (χ1) is 21.5. The molecule has 0 spiro atoms. The fourth-order valence-corrected chi connectivity index (χ4v) is 13.9. The molecule has 0 atom stereocenters. The van der Waals surface area contributed by atoms with Crippen LogP contribution in [0.1, 0.15) is 162 Å². The van der Waals surface area contributed by atoms with Crippen LogP contribution in [0.15, 0.2) is 18.5 Å². The molecule has 2 amide bonds. The first-order valence-electron chi connectivity index (χ1n) is 19.1. The summed E-state index contributed by atoms with van der Waals surface area (Å²) in [5.41, 5.74) is 1.40. The van der Waals surface area contributed by atoms with Gasteiger partial charge in [-0.05, 0) is 144 Å². The molecule has 10 aliphatic rings. The van der Waals surface area contributed by atoms with E-state index in [9.17, 15) is 9.59 Å². The van der Waals surface area contributed by atoms with Gasteiger partial charge in [0.05, 0.1) is 11.1 Å². The van der Waals surface area contributed by atoms with Crippen molar-refractivity contribution in [2.24, 2.45) is 35.5 Å². The monoisotopic (exact) mass is 597 g/mol. The first-order valence-corrected chi connectivity index (χ1v) is 19.1. The second kappa shape index (κ2) is 10.8. The largest absolute Gasteiger partial charge is 0.330 e. The Balaban J connectivity index is 1.05. The van der Waals surface area contributed by atoms with Gasteiger partial charge in [0.25, 0.3) is 11.8 Å². The number of rotatable bonds is 6. The molecule has 5 nitrogen and oxygen atoms in total. The van der Waals surface area contributed by atoms with Crippen molar-refractivity contribution in [1.82, 2.24) is 14.8 Å². The molecule has 10 aliphatic carbocycles. The minimum absolute atomic E-state index is 0.0290. The number of aromatic nitrogens is 1. The molecule has 0 N–H and O–H groups in total. The van der Waals surface area contributed by atoms with Crippen LogP contribution >= 0.6 is 0 Å². The highest BCUT2D eigenvalue weighted by Gasteiger charge is 2.58. The molecule has 8 bridgehead atoms. The van der Waals surface area contributed by atoms with Crippen molar-refractivity contribution in [3.63, 3.8) is 0 Å². The van der Waals surface area contributed by atoms with E-state index >= 15 is 0 Å². The van der Waals surface area contributed by atoms with E-state index in [1.165, 1.54) is 116 Å². The Morgan fingerprint density at radius 1 is 0.523 bits per heavy atom. The van der Waals surface area contributed by atoms with Gasteiger partial charge in [-0.25, -0.2) is 0 Å². The van der Waals surface area contributed by atoms with Crippen LogP contribution in [0.4, 0.5) is 0 Å². The Morgan fingerprint density at radius 3 is 1.16 bits per heavy atom. The zero-order valence-corrected chi connectivity index (χ0v) is 27.1. The lowest BCUT2D eigenvalue weighted by atomic mass is 9.52. The topological polar surface area (TPSA) is 53.5 Å². The highest BCUT2D eigenvalue weighted by atomic mass is 16.2. The van der Waals surface area contributed by atoms with Crippen LogP contribution in [0.2, 0.25) is 0 Å². The van der Waals surface area contributed by atoms with Gasteiger partial charge in [-0.2, -0.15) is 0 Å². The number of pyridine rings is 1. The summed E-state index contributed by atoms with van der Waals surface area (Å²) in [7, 11) is 0. The normalized spacial score (nSPS) is 41.2. The zero-order chi connectivity index (χ0) is 29.5. The molecule has 11 rings (SSSR count). The average molecular weight is 598 g/mol. The van der Waals surface area contributed by atoms with Crippen molar-refractivity contribution < 1.29 is 9.59 Å². The van der Waals surface area contributed by atoms with Gasteiger partial charge in [0, 0.05) is 35.6 Å². The molecule has 0 saturated heterocycles. The van der Waals surface area contributed by atoms with Crippen LogP contribution in [-0.2, 0) is 0 Å². The first kappa shape index (κ1) is 28.3. The lowest BCUT2D eigenvalue weighted by molar-refractivity contribution is -0.0915. The van der Waals surface area contributed by atoms with E-state index in [1.807, 2.05) is 6.07 Å². The maximum absolute atomic E-state index is 14.9. The van der Waals surface area contributed by atoms with Crippen molar-refractivity contribution in [2.45, 2.75) is 164 Å². The smallest absolute Gasteiger partial charge is 0.256 e. The molecule has 0 aliphatic heterocycles. The molecule has 10 saturated carbocycles. The number of hydrogen-bond acceptors (Lipinski definition) is 3. The van der Waals surface area contributed by atoms with Gasteiger partial charge < -0.3 is 9.80 Å². The van der Waals surface area contributed by atoms with Gasteiger partial charge in [0.15, 0.2) is 0 Å². The minimum Gasteiger partial charge on any atom is -0.330 e. The Morgan fingerprint density at radius 2 is 0.841 bits per heavy atom. The van der Waals surface area contributed by atoms with Gasteiger partial charge in [-0.3, -0.25) is 14.6 Å². The Hall–Kier alpha value is -1.91. The van der Waals surface area contributed by atoms with Crippen LogP contribution in [0.5, 0.6) is 0 Å². The molecule has 1 aromatic rings. The molecule has 1 aromatic heterocycles. The molecule has 5 heteroatoms. The third-order valence-corrected chi connectivity index (χ3v) is 14.6. The maximum atomic E-state index is 14.9. The molecule has 0 aromatic carbocycles. The third-order valence-electron chi connectivity index (χ3n) is 14.6.